The summed E-state index contributed by atoms with van der Waals surface area (Å²) in [5, 5.41) is 7.95. The third-order valence-corrected chi connectivity index (χ3v) is 2.27. The summed E-state index contributed by atoms with van der Waals surface area (Å²) in [5.41, 5.74) is 1.78. The smallest absolute Gasteiger partial charge is 0.103 e. The zero-order valence-corrected chi connectivity index (χ0v) is 8.88. The molecular formula is C8H14ClN3O. The maximum atomic E-state index is 5.73. The molecule has 0 saturated carbocycles. The van der Waals surface area contributed by atoms with Crippen LogP contribution in [0.4, 0.5) is 0 Å². The summed E-state index contributed by atoms with van der Waals surface area (Å²) in [7, 11) is 1.66. The maximum absolute atomic E-state index is 5.73. The van der Waals surface area contributed by atoms with Crippen molar-refractivity contribution in [2.45, 2.75) is 32.4 Å². The van der Waals surface area contributed by atoms with E-state index in [1.807, 2.05) is 18.5 Å². The van der Waals surface area contributed by atoms with Crippen molar-refractivity contribution in [2.24, 2.45) is 0 Å². The van der Waals surface area contributed by atoms with Crippen molar-refractivity contribution in [2.75, 3.05) is 7.11 Å². The first-order chi connectivity index (χ1) is 6.24. The second kappa shape index (κ2) is 4.58. The van der Waals surface area contributed by atoms with E-state index >= 15 is 0 Å². The normalized spacial score (nSPS) is 13.2. The predicted molar refractivity (Wildman–Crippen MR) is 50.7 cm³/mol. The van der Waals surface area contributed by atoms with Crippen LogP contribution in [-0.2, 0) is 17.2 Å². The zero-order chi connectivity index (χ0) is 9.84. The average molecular weight is 204 g/mol. The number of hydrogen-bond donors (Lipinski definition) is 0. The highest BCUT2D eigenvalue weighted by Gasteiger charge is 2.16. The van der Waals surface area contributed by atoms with Gasteiger partial charge in [0.2, 0.25) is 0 Å². The first kappa shape index (κ1) is 10.5. The van der Waals surface area contributed by atoms with Crippen LogP contribution in [0.15, 0.2) is 0 Å². The van der Waals surface area contributed by atoms with Crippen LogP contribution in [0.25, 0.3) is 0 Å². The van der Waals surface area contributed by atoms with Crippen molar-refractivity contribution in [1.82, 2.24) is 15.0 Å². The highest BCUT2D eigenvalue weighted by Crippen LogP contribution is 2.19. The van der Waals surface area contributed by atoms with Crippen LogP contribution >= 0.6 is 11.6 Å². The van der Waals surface area contributed by atoms with E-state index in [1.54, 1.807) is 7.11 Å². The molecule has 4 nitrogen and oxygen atoms in total. The van der Waals surface area contributed by atoms with Gasteiger partial charge in [0.1, 0.15) is 5.69 Å². The predicted octanol–water partition coefficient (Wildman–Crippen LogP) is 1.74. The van der Waals surface area contributed by atoms with Crippen molar-refractivity contribution in [3.05, 3.63) is 11.4 Å². The number of aryl methyl sites for hydroxylation is 1. The first-order valence-electron chi connectivity index (χ1n) is 4.25. The van der Waals surface area contributed by atoms with Crippen molar-refractivity contribution in [3.63, 3.8) is 0 Å². The molecule has 0 saturated heterocycles. The Kier molecular flexibility index (Phi) is 3.69. The molecule has 1 rings (SSSR count). The number of methoxy groups -OCH3 is 1. The molecule has 1 aromatic rings. The Balaban J connectivity index is 3.04. The number of rotatable bonds is 4. The quantitative estimate of drug-likeness (QED) is 0.700. The molecule has 1 heterocycles. The second-order valence-corrected chi connectivity index (χ2v) is 3.02. The van der Waals surface area contributed by atoms with Gasteiger partial charge in [-0.05, 0) is 13.8 Å². The van der Waals surface area contributed by atoms with Crippen LogP contribution in [0.1, 0.15) is 31.3 Å². The van der Waals surface area contributed by atoms with Crippen LogP contribution in [0.3, 0.4) is 0 Å². The van der Waals surface area contributed by atoms with Crippen LogP contribution in [0, 0.1) is 0 Å². The summed E-state index contributed by atoms with van der Waals surface area (Å²) in [6.45, 7) is 4.76. The van der Waals surface area contributed by atoms with Gasteiger partial charge >= 0.3 is 0 Å². The molecule has 0 aliphatic rings. The SMILES string of the molecule is CCn1nnc(CCl)c1C(C)OC. The first-order valence-corrected chi connectivity index (χ1v) is 4.79. The summed E-state index contributed by atoms with van der Waals surface area (Å²) in [5.74, 6) is 0.378. The maximum Gasteiger partial charge on any atom is 0.103 e. The largest absolute Gasteiger partial charge is 0.375 e. The molecule has 0 spiro atoms. The van der Waals surface area contributed by atoms with Crippen LogP contribution in [0.5, 0.6) is 0 Å². The van der Waals surface area contributed by atoms with Gasteiger partial charge in [-0.1, -0.05) is 5.21 Å². The van der Waals surface area contributed by atoms with Gasteiger partial charge in [-0.2, -0.15) is 0 Å². The fourth-order valence-corrected chi connectivity index (χ4v) is 1.43. The lowest BCUT2D eigenvalue weighted by Gasteiger charge is -2.11. The molecule has 74 valence electrons. The van der Waals surface area contributed by atoms with Crippen molar-refractivity contribution < 1.29 is 4.74 Å². The third kappa shape index (κ3) is 2.00. The van der Waals surface area contributed by atoms with Crippen molar-refractivity contribution >= 4 is 11.6 Å². The van der Waals surface area contributed by atoms with Gasteiger partial charge in [0.15, 0.2) is 0 Å². The number of alkyl halides is 1. The van der Waals surface area contributed by atoms with E-state index in [0.29, 0.717) is 5.88 Å². The van der Waals surface area contributed by atoms with Gasteiger partial charge in [0, 0.05) is 13.7 Å². The number of nitrogens with zero attached hydrogens (tertiary/aromatic N) is 3. The molecule has 0 bridgehead atoms. The van der Waals surface area contributed by atoms with Gasteiger partial charge < -0.3 is 4.74 Å². The van der Waals surface area contributed by atoms with Gasteiger partial charge in [0.05, 0.1) is 17.7 Å². The summed E-state index contributed by atoms with van der Waals surface area (Å²) in [6.07, 6.45) is -0.0105. The third-order valence-electron chi connectivity index (χ3n) is 2.01. The fourth-order valence-electron chi connectivity index (χ4n) is 1.24. The van der Waals surface area contributed by atoms with E-state index in [9.17, 15) is 0 Å². The minimum absolute atomic E-state index is 0.0105. The molecule has 0 aliphatic carbocycles. The highest BCUT2D eigenvalue weighted by molar-refractivity contribution is 6.16. The van der Waals surface area contributed by atoms with Gasteiger partial charge in [-0.15, -0.1) is 16.7 Å². The molecule has 0 amide bonds. The van der Waals surface area contributed by atoms with Crippen LogP contribution in [-0.4, -0.2) is 22.1 Å². The fraction of sp³-hybridized carbons (Fsp3) is 0.750. The number of aromatic nitrogens is 3. The Hall–Kier alpha value is -0.610. The average Bonchev–Trinajstić information content (AvgIpc) is 2.59. The summed E-state index contributed by atoms with van der Waals surface area (Å²) in [6, 6.07) is 0. The topological polar surface area (TPSA) is 39.9 Å². The minimum atomic E-state index is -0.0105. The Morgan fingerprint density at radius 2 is 2.31 bits per heavy atom. The molecule has 5 heteroatoms. The van der Waals surface area contributed by atoms with Gasteiger partial charge in [0.25, 0.3) is 0 Å². The molecule has 0 fully saturated rings. The monoisotopic (exact) mass is 203 g/mol. The molecular weight excluding hydrogens is 190 g/mol. The lowest BCUT2D eigenvalue weighted by molar-refractivity contribution is 0.111. The van der Waals surface area contributed by atoms with Crippen LogP contribution in [0.2, 0.25) is 0 Å². The van der Waals surface area contributed by atoms with E-state index in [0.717, 1.165) is 17.9 Å². The Morgan fingerprint density at radius 1 is 1.62 bits per heavy atom. The van der Waals surface area contributed by atoms with Crippen molar-refractivity contribution in [1.29, 1.82) is 0 Å². The molecule has 1 atom stereocenters. The van der Waals surface area contributed by atoms with E-state index in [4.69, 9.17) is 16.3 Å². The van der Waals surface area contributed by atoms with E-state index in [2.05, 4.69) is 10.3 Å². The Labute approximate surface area is 82.8 Å². The number of ether oxygens (including phenoxy) is 1. The number of halogens is 1. The van der Waals surface area contributed by atoms with Crippen LogP contribution < -0.4 is 0 Å². The molecule has 0 radical (unpaired) electrons. The standard InChI is InChI=1S/C8H14ClN3O/c1-4-12-8(6(2)13-3)7(5-9)10-11-12/h6H,4-5H2,1-3H3. The highest BCUT2D eigenvalue weighted by atomic mass is 35.5. The summed E-state index contributed by atoms with van der Waals surface area (Å²) >= 11 is 5.73. The minimum Gasteiger partial charge on any atom is -0.375 e. The van der Waals surface area contributed by atoms with Gasteiger partial charge in [-0.3, -0.25) is 0 Å². The Bertz CT molecular complexity index is 253. The molecule has 1 unspecified atom stereocenters. The lowest BCUT2D eigenvalue weighted by atomic mass is 10.2. The molecule has 13 heavy (non-hydrogen) atoms. The summed E-state index contributed by atoms with van der Waals surface area (Å²) in [4.78, 5) is 0. The summed E-state index contributed by atoms with van der Waals surface area (Å²) < 4.78 is 7.03. The van der Waals surface area contributed by atoms with Gasteiger partial charge in [-0.25, -0.2) is 4.68 Å². The molecule has 1 aromatic heterocycles. The lowest BCUT2D eigenvalue weighted by Crippen LogP contribution is -2.08. The van der Waals surface area contributed by atoms with Crippen molar-refractivity contribution in [3.8, 4) is 0 Å². The Morgan fingerprint density at radius 3 is 2.77 bits per heavy atom. The van der Waals surface area contributed by atoms with E-state index < -0.39 is 0 Å². The second-order valence-electron chi connectivity index (χ2n) is 2.75. The van der Waals surface area contributed by atoms with E-state index in [1.165, 1.54) is 0 Å². The molecule has 0 N–H and O–H groups in total. The molecule has 0 aromatic carbocycles. The number of hydrogen-bond acceptors (Lipinski definition) is 3. The molecule has 0 aliphatic heterocycles. The van der Waals surface area contributed by atoms with E-state index in [-0.39, 0.29) is 6.10 Å². The zero-order valence-electron chi connectivity index (χ0n) is 8.12.